The lowest BCUT2D eigenvalue weighted by molar-refractivity contribution is 0.366. The second-order valence-corrected chi connectivity index (χ2v) is 5.83. The minimum atomic E-state index is -0.395. The van der Waals surface area contributed by atoms with Crippen LogP contribution in [0.25, 0.3) is 0 Å². The van der Waals surface area contributed by atoms with Crippen molar-refractivity contribution < 1.29 is 13.9 Å². The Hall–Kier alpha value is -2.86. The molecule has 0 N–H and O–H groups in total. The number of hydrogen-bond acceptors (Lipinski definition) is 5. The van der Waals surface area contributed by atoms with Crippen LogP contribution in [0.2, 0.25) is 5.22 Å². The molecule has 0 bridgehead atoms. The summed E-state index contributed by atoms with van der Waals surface area (Å²) in [6.07, 6.45) is 0. The van der Waals surface area contributed by atoms with Gasteiger partial charge >= 0.3 is 7.05 Å². The Bertz CT molecular complexity index is 896. The van der Waals surface area contributed by atoms with Crippen LogP contribution in [0.5, 0.6) is 5.75 Å². The lowest BCUT2D eigenvalue weighted by atomic mass is 9.71. The highest BCUT2D eigenvalue weighted by atomic mass is 35.5. The van der Waals surface area contributed by atoms with Crippen molar-refractivity contribution in [3.63, 3.8) is 0 Å². The summed E-state index contributed by atoms with van der Waals surface area (Å²) in [7, 11) is 1.24. The van der Waals surface area contributed by atoms with Gasteiger partial charge in [0.25, 0.3) is 0 Å². The van der Waals surface area contributed by atoms with E-state index in [1.54, 1.807) is 19.2 Å². The van der Waals surface area contributed by atoms with Crippen molar-refractivity contribution in [1.29, 1.82) is 0 Å². The Balaban J connectivity index is 1.76. The first-order chi connectivity index (χ1) is 12.3. The van der Waals surface area contributed by atoms with Gasteiger partial charge in [0, 0.05) is 5.69 Å². The van der Waals surface area contributed by atoms with Crippen LogP contribution < -0.4 is 15.0 Å². The van der Waals surface area contributed by atoms with E-state index in [-0.39, 0.29) is 0 Å². The Labute approximate surface area is 150 Å². The molecule has 0 saturated carbocycles. The first kappa shape index (κ1) is 15.7. The molecule has 0 fully saturated rings. The maximum absolute atomic E-state index is 5.93. The lowest BCUT2D eigenvalue weighted by Gasteiger charge is -2.22. The minimum absolute atomic E-state index is 0.301. The maximum Gasteiger partial charge on any atom is 0.550 e. The van der Waals surface area contributed by atoms with Gasteiger partial charge in [-0.15, -0.1) is 0 Å². The van der Waals surface area contributed by atoms with E-state index in [1.165, 1.54) is 0 Å². The third-order valence-electron chi connectivity index (χ3n) is 3.93. The molecule has 0 amide bonds. The number of benzene rings is 2. The predicted molar refractivity (Wildman–Crippen MR) is 98.6 cm³/mol. The van der Waals surface area contributed by atoms with Crippen molar-refractivity contribution in [3.05, 3.63) is 77.7 Å². The molecule has 4 rings (SSSR count). The summed E-state index contributed by atoms with van der Waals surface area (Å²) in [4.78, 5) is 1.96. The van der Waals surface area contributed by atoms with E-state index >= 15 is 0 Å². The van der Waals surface area contributed by atoms with Crippen LogP contribution >= 0.6 is 11.6 Å². The molecule has 124 valence electrons. The van der Waals surface area contributed by atoms with Crippen molar-refractivity contribution in [1.82, 2.24) is 0 Å². The van der Waals surface area contributed by atoms with E-state index in [0.29, 0.717) is 16.8 Å². The van der Waals surface area contributed by atoms with Gasteiger partial charge in [-0.3, -0.25) is 0 Å². The normalized spacial score (nSPS) is 13.6. The zero-order chi connectivity index (χ0) is 17.2. The number of hydrogen-bond donors (Lipinski definition) is 0. The van der Waals surface area contributed by atoms with Gasteiger partial charge in [-0.05, 0) is 53.5 Å². The second kappa shape index (κ2) is 6.57. The van der Waals surface area contributed by atoms with Crippen LogP contribution in [0.4, 0.5) is 5.69 Å². The Morgan fingerprint density at radius 2 is 1.76 bits per heavy atom. The number of nitrogens with zero attached hydrogens (tertiary/aromatic N) is 2. The lowest BCUT2D eigenvalue weighted by Crippen LogP contribution is -2.48. The highest BCUT2D eigenvalue weighted by Gasteiger charge is 2.41. The third kappa shape index (κ3) is 2.96. The van der Waals surface area contributed by atoms with Gasteiger partial charge in [0.1, 0.15) is 5.75 Å². The van der Waals surface area contributed by atoms with Crippen molar-refractivity contribution in [3.8, 4) is 5.75 Å². The van der Waals surface area contributed by atoms with Crippen molar-refractivity contribution in [2.24, 2.45) is 5.16 Å². The average molecular weight is 353 g/mol. The SMILES string of the molecule is COc1ccc(N2B(c3ccccc3)ON=C2c2ccc(Cl)o2)cc1. The maximum atomic E-state index is 5.93. The van der Waals surface area contributed by atoms with Crippen LogP contribution in [-0.2, 0) is 4.76 Å². The standard InChI is InChI=1S/C18H14BClN2O3/c1-23-15-9-7-14(8-10-15)22-18(16-11-12-17(20)24-16)21-25-19(22)13-5-3-2-4-6-13/h2-12H,1H3. The van der Waals surface area contributed by atoms with Crippen molar-refractivity contribution in [2.75, 3.05) is 11.9 Å². The molecule has 7 heteroatoms. The van der Waals surface area contributed by atoms with Gasteiger partial charge in [-0.25, -0.2) is 0 Å². The smallest absolute Gasteiger partial charge is 0.497 e. The molecule has 5 nitrogen and oxygen atoms in total. The average Bonchev–Trinajstić information content (AvgIpc) is 3.28. The Morgan fingerprint density at radius 3 is 2.40 bits per heavy atom. The van der Waals surface area contributed by atoms with Crippen molar-refractivity contribution >= 4 is 35.6 Å². The number of halogens is 1. The molecule has 0 radical (unpaired) electrons. The molecule has 1 aliphatic heterocycles. The quantitative estimate of drug-likeness (QED) is 0.674. The molecule has 0 aliphatic carbocycles. The number of anilines is 1. The number of amidine groups is 1. The molecule has 2 heterocycles. The largest absolute Gasteiger partial charge is 0.550 e. The van der Waals surface area contributed by atoms with E-state index in [2.05, 4.69) is 5.16 Å². The highest BCUT2D eigenvalue weighted by molar-refractivity contribution is 6.76. The van der Waals surface area contributed by atoms with Gasteiger partial charge in [0.2, 0.25) is 5.84 Å². The highest BCUT2D eigenvalue weighted by Crippen LogP contribution is 2.27. The Kier molecular flexibility index (Phi) is 4.11. The van der Waals surface area contributed by atoms with Crippen LogP contribution in [0, 0.1) is 0 Å². The summed E-state index contributed by atoms with van der Waals surface area (Å²) in [5.74, 6) is 1.88. The topological polar surface area (TPSA) is 47.2 Å². The molecule has 0 saturated heterocycles. The van der Waals surface area contributed by atoms with E-state index in [9.17, 15) is 0 Å². The molecular weight excluding hydrogens is 338 g/mol. The number of methoxy groups -OCH3 is 1. The zero-order valence-electron chi connectivity index (χ0n) is 13.4. The molecule has 0 unspecified atom stereocenters. The van der Waals surface area contributed by atoms with Gasteiger partial charge in [-0.1, -0.05) is 35.5 Å². The van der Waals surface area contributed by atoms with Crippen LogP contribution in [0.3, 0.4) is 0 Å². The van der Waals surface area contributed by atoms with E-state index in [4.69, 9.17) is 25.5 Å². The van der Waals surface area contributed by atoms with Gasteiger partial charge in [0.15, 0.2) is 11.0 Å². The fourth-order valence-corrected chi connectivity index (χ4v) is 2.87. The minimum Gasteiger partial charge on any atom is -0.497 e. The molecule has 25 heavy (non-hydrogen) atoms. The summed E-state index contributed by atoms with van der Waals surface area (Å²) < 4.78 is 16.5. The third-order valence-corrected chi connectivity index (χ3v) is 4.13. The van der Waals surface area contributed by atoms with Gasteiger partial charge in [0.05, 0.1) is 7.11 Å². The molecular formula is C18H14BClN2O3. The zero-order valence-corrected chi connectivity index (χ0v) is 14.2. The van der Waals surface area contributed by atoms with Crippen LogP contribution in [0.15, 0.2) is 76.3 Å². The summed E-state index contributed by atoms with van der Waals surface area (Å²) >= 11 is 5.93. The molecule has 3 aromatic rings. The van der Waals surface area contributed by atoms with E-state index in [1.807, 2.05) is 59.4 Å². The monoisotopic (exact) mass is 352 g/mol. The van der Waals surface area contributed by atoms with E-state index in [0.717, 1.165) is 16.9 Å². The first-order valence-corrected chi connectivity index (χ1v) is 8.12. The van der Waals surface area contributed by atoms with Crippen molar-refractivity contribution in [2.45, 2.75) is 0 Å². The first-order valence-electron chi connectivity index (χ1n) is 7.74. The number of oxime groups is 1. The fraction of sp³-hybridized carbons (Fsp3) is 0.0556. The summed E-state index contributed by atoms with van der Waals surface area (Å²) in [5.41, 5.74) is 1.88. The molecule has 1 aliphatic rings. The molecule has 2 aromatic carbocycles. The fourth-order valence-electron chi connectivity index (χ4n) is 2.73. The van der Waals surface area contributed by atoms with E-state index < -0.39 is 7.05 Å². The van der Waals surface area contributed by atoms with Crippen LogP contribution in [-0.4, -0.2) is 20.0 Å². The second-order valence-electron chi connectivity index (χ2n) is 5.46. The van der Waals surface area contributed by atoms with Crippen LogP contribution in [0.1, 0.15) is 5.76 Å². The number of ether oxygens (including phenoxy) is 1. The summed E-state index contributed by atoms with van der Waals surface area (Å²) in [6, 6.07) is 21.0. The number of rotatable bonds is 4. The van der Waals surface area contributed by atoms with Gasteiger partial charge in [-0.2, -0.15) is 0 Å². The summed E-state index contributed by atoms with van der Waals surface area (Å²) in [6.45, 7) is 0. The molecule has 0 atom stereocenters. The Morgan fingerprint density at radius 1 is 1.00 bits per heavy atom. The van der Waals surface area contributed by atoms with Gasteiger partial charge < -0.3 is 18.7 Å². The predicted octanol–water partition coefficient (Wildman–Crippen LogP) is 3.54. The number of furan rings is 1. The molecule has 0 spiro atoms. The summed E-state index contributed by atoms with van der Waals surface area (Å²) in [5, 5.41) is 4.54. The molecule has 1 aromatic heterocycles.